The quantitative estimate of drug-likeness (QED) is 0.792. The fraction of sp³-hybridized carbons (Fsp3) is 0.200. The largest absolute Gasteiger partial charge is 0.322 e. The van der Waals surface area contributed by atoms with Crippen molar-refractivity contribution in [1.82, 2.24) is 9.47 Å². The van der Waals surface area contributed by atoms with Crippen molar-refractivity contribution in [2.24, 2.45) is 7.05 Å². The molecule has 25 heavy (non-hydrogen) atoms. The maximum absolute atomic E-state index is 12.7. The second-order valence-corrected chi connectivity index (χ2v) is 5.93. The molecule has 0 aliphatic heterocycles. The van der Waals surface area contributed by atoms with E-state index in [2.05, 4.69) is 5.32 Å². The van der Waals surface area contributed by atoms with Crippen LogP contribution < -0.4 is 10.9 Å². The molecule has 1 aromatic heterocycles. The van der Waals surface area contributed by atoms with E-state index >= 15 is 0 Å². The number of aromatic nitrogens is 1. The second kappa shape index (κ2) is 7.21. The number of amides is 2. The van der Waals surface area contributed by atoms with Gasteiger partial charge in [-0.05, 0) is 18.6 Å². The Hall–Kier alpha value is -3.08. The van der Waals surface area contributed by atoms with Gasteiger partial charge in [0.25, 0.3) is 5.56 Å². The number of hydrogen-bond acceptors (Lipinski definition) is 2. The Labute approximate surface area is 146 Å². The minimum Gasteiger partial charge on any atom is -0.320 e. The molecule has 0 aliphatic carbocycles. The molecular weight excluding hydrogens is 314 g/mol. The highest BCUT2D eigenvalue weighted by atomic mass is 16.2. The molecule has 3 aromatic rings. The van der Waals surface area contributed by atoms with E-state index in [1.165, 1.54) is 4.57 Å². The number of nitrogens with one attached hydrogen (secondary N) is 1. The SMILES string of the molecule is CCN(Cc1ccccc1)C(=O)Nc1cn(C)c(=O)c2ccccc12. The first-order valence-corrected chi connectivity index (χ1v) is 8.28. The van der Waals surface area contributed by atoms with Gasteiger partial charge in [0.05, 0.1) is 5.69 Å². The molecule has 0 saturated carbocycles. The molecule has 3 rings (SSSR count). The summed E-state index contributed by atoms with van der Waals surface area (Å²) >= 11 is 0. The molecule has 0 atom stereocenters. The molecule has 0 spiro atoms. The van der Waals surface area contributed by atoms with E-state index in [9.17, 15) is 9.59 Å². The lowest BCUT2D eigenvalue weighted by Crippen LogP contribution is -2.34. The third kappa shape index (κ3) is 3.55. The van der Waals surface area contributed by atoms with Crippen LogP contribution in [0.3, 0.4) is 0 Å². The number of rotatable bonds is 4. The van der Waals surface area contributed by atoms with Gasteiger partial charge in [-0.1, -0.05) is 48.5 Å². The zero-order chi connectivity index (χ0) is 17.8. The molecule has 0 bridgehead atoms. The highest BCUT2D eigenvalue weighted by Crippen LogP contribution is 2.20. The number of pyridine rings is 1. The first-order chi connectivity index (χ1) is 12.1. The predicted molar refractivity (Wildman–Crippen MR) is 101 cm³/mol. The van der Waals surface area contributed by atoms with Gasteiger partial charge < -0.3 is 14.8 Å². The number of anilines is 1. The zero-order valence-electron chi connectivity index (χ0n) is 14.4. The van der Waals surface area contributed by atoms with Gasteiger partial charge in [0.2, 0.25) is 0 Å². The summed E-state index contributed by atoms with van der Waals surface area (Å²) < 4.78 is 1.49. The summed E-state index contributed by atoms with van der Waals surface area (Å²) in [5.74, 6) is 0. The van der Waals surface area contributed by atoms with Crippen LogP contribution in [0.1, 0.15) is 12.5 Å². The number of nitrogens with zero attached hydrogens (tertiary/aromatic N) is 2. The Kier molecular flexibility index (Phi) is 4.84. The average Bonchev–Trinajstić information content (AvgIpc) is 2.64. The van der Waals surface area contributed by atoms with Crippen LogP contribution in [-0.2, 0) is 13.6 Å². The lowest BCUT2D eigenvalue weighted by atomic mass is 10.1. The molecule has 2 aromatic carbocycles. The average molecular weight is 335 g/mol. The van der Waals surface area contributed by atoms with Gasteiger partial charge >= 0.3 is 6.03 Å². The highest BCUT2D eigenvalue weighted by molar-refractivity contribution is 6.00. The third-order valence-electron chi connectivity index (χ3n) is 4.22. The Morgan fingerprint density at radius 3 is 2.36 bits per heavy atom. The van der Waals surface area contributed by atoms with Gasteiger partial charge in [0, 0.05) is 37.1 Å². The summed E-state index contributed by atoms with van der Waals surface area (Å²) in [7, 11) is 1.69. The van der Waals surface area contributed by atoms with Crippen LogP contribution in [0.5, 0.6) is 0 Å². The van der Waals surface area contributed by atoms with Crippen LogP contribution in [0, 0.1) is 0 Å². The first kappa shape index (κ1) is 16.8. The summed E-state index contributed by atoms with van der Waals surface area (Å²) in [5.41, 5.74) is 1.63. The maximum Gasteiger partial charge on any atom is 0.322 e. The van der Waals surface area contributed by atoms with Gasteiger partial charge in [-0.3, -0.25) is 4.79 Å². The molecule has 1 heterocycles. The molecule has 1 N–H and O–H groups in total. The number of fused-ring (bicyclic) bond motifs is 1. The number of aryl methyl sites for hydroxylation is 1. The van der Waals surface area contributed by atoms with Crippen molar-refractivity contribution in [3.63, 3.8) is 0 Å². The topological polar surface area (TPSA) is 54.3 Å². The second-order valence-electron chi connectivity index (χ2n) is 5.93. The van der Waals surface area contributed by atoms with Crippen LogP contribution in [0.2, 0.25) is 0 Å². The van der Waals surface area contributed by atoms with Gasteiger partial charge in [-0.2, -0.15) is 0 Å². The Balaban J connectivity index is 1.88. The van der Waals surface area contributed by atoms with E-state index in [1.54, 1.807) is 24.2 Å². The monoisotopic (exact) mass is 335 g/mol. The normalized spacial score (nSPS) is 10.6. The lowest BCUT2D eigenvalue weighted by Gasteiger charge is -2.22. The molecule has 2 amide bonds. The number of carbonyl (C=O) groups is 1. The van der Waals surface area contributed by atoms with E-state index in [1.807, 2.05) is 55.5 Å². The van der Waals surface area contributed by atoms with Crippen molar-refractivity contribution in [2.75, 3.05) is 11.9 Å². The van der Waals surface area contributed by atoms with Crippen molar-refractivity contribution in [1.29, 1.82) is 0 Å². The molecule has 128 valence electrons. The Morgan fingerprint density at radius 2 is 1.68 bits per heavy atom. The number of benzene rings is 2. The molecule has 0 aliphatic rings. The molecular formula is C20H21N3O2. The third-order valence-corrected chi connectivity index (χ3v) is 4.22. The van der Waals surface area contributed by atoms with Crippen LogP contribution >= 0.6 is 0 Å². The first-order valence-electron chi connectivity index (χ1n) is 8.28. The van der Waals surface area contributed by atoms with Crippen molar-refractivity contribution < 1.29 is 4.79 Å². The number of hydrogen-bond donors (Lipinski definition) is 1. The van der Waals surface area contributed by atoms with Crippen molar-refractivity contribution >= 4 is 22.5 Å². The van der Waals surface area contributed by atoms with Gasteiger partial charge in [0.15, 0.2) is 0 Å². The summed E-state index contributed by atoms with van der Waals surface area (Å²) in [4.78, 5) is 26.7. The molecule has 0 unspecified atom stereocenters. The Morgan fingerprint density at radius 1 is 1.04 bits per heavy atom. The summed E-state index contributed by atoms with van der Waals surface area (Å²) in [6, 6.07) is 17.0. The minimum absolute atomic E-state index is 0.0785. The summed E-state index contributed by atoms with van der Waals surface area (Å²) in [6.45, 7) is 3.07. The predicted octanol–water partition coefficient (Wildman–Crippen LogP) is 3.59. The Bertz CT molecular complexity index is 948. The van der Waals surface area contributed by atoms with E-state index in [0.29, 0.717) is 24.2 Å². The van der Waals surface area contributed by atoms with Gasteiger partial charge in [-0.15, -0.1) is 0 Å². The molecule has 5 heteroatoms. The summed E-state index contributed by atoms with van der Waals surface area (Å²) in [5, 5.41) is 4.29. The fourth-order valence-corrected chi connectivity index (χ4v) is 2.84. The molecule has 0 radical (unpaired) electrons. The van der Waals surface area contributed by atoms with Crippen molar-refractivity contribution in [3.8, 4) is 0 Å². The molecule has 5 nitrogen and oxygen atoms in total. The zero-order valence-corrected chi connectivity index (χ0v) is 14.4. The standard InChI is InChI=1S/C20H21N3O2/c1-3-23(13-15-9-5-4-6-10-15)20(25)21-18-14-22(2)19(24)17-12-8-7-11-16(17)18/h4-12,14H,3,13H2,1-2H3,(H,21,25). The number of urea groups is 1. The van der Waals surface area contributed by atoms with Gasteiger partial charge in [-0.25, -0.2) is 4.79 Å². The highest BCUT2D eigenvalue weighted by Gasteiger charge is 2.15. The van der Waals surface area contributed by atoms with E-state index in [-0.39, 0.29) is 11.6 Å². The van der Waals surface area contributed by atoms with Crippen LogP contribution in [0.25, 0.3) is 10.8 Å². The van der Waals surface area contributed by atoms with Gasteiger partial charge in [0.1, 0.15) is 0 Å². The minimum atomic E-state index is -0.185. The molecule has 0 fully saturated rings. The smallest absolute Gasteiger partial charge is 0.320 e. The lowest BCUT2D eigenvalue weighted by molar-refractivity contribution is 0.212. The summed E-state index contributed by atoms with van der Waals surface area (Å²) in [6.07, 6.45) is 1.67. The van der Waals surface area contributed by atoms with Crippen molar-refractivity contribution in [2.45, 2.75) is 13.5 Å². The van der Waals surface area contributed by atoms with Crippen LogP contribution in [0.4, 0.5) is 10.5 Å². The van der Waals surface area contributed by atoms with Crippen molar-refractivity contribution in [3.05, 3.63) is 76.7 Å². The molecule has 0 saturated heterocycles. The van der Waals surface area contributed by atoms with Crippen LogP contribution in [-0.4, -0.2) is 22.0 Å². The fourth-order valence-electron chi connectivity index (χ4n) is 2.84. The van der Waals surface area contributed by atoms with Crippen LogP contribution in [0.15, 0.2) is 65.6 Å². The number of carbonyl (C=O) groups excluding carboxylic acids is 1. The van der Waals surface area contributed by atoms with E-state index in [0.717, 1.165) is 10.9 Å². The maximum atomic E-state index is 12.7. The van der Waals surface area contributed by atoms with E-state index in [4.69, 9.17) is 0 Å². The van der Waals surface area contributed by atoms with E-state index < -0.39 is 0 Å².